The van der Waals surface area contributed by atoms with Gasteiger partial charge in [-0.05, 0) is 30.5 Å². The number of fused-ring (bicyclic) bond motifs is 1. The van der Waals surface area contributed by atoms with Gasteiger partial charge in [0, 0.05) is 5.39 Å². The highest BCUT2D eigenvalue weighted by atomic mass is 16.2. The molecule has 0 saturated carbocycles. The molecule has 0 fully saturated rings. The summed E-state index contributed by atoms with van der Waals surface area (Å²) >= 11 is 0. The third kappa shape index (κ3) is 5.69. The van der Waals surface area contributed by atoms with Gasteiger partial charge in [0.05, 0.1) is 18.1 Å². The lowest BCUT2D eigenvalue weighted by Gasteiger charge is -2.21. The van der Waals surface area contributed by atoms with E-state index >= 15 is 0 Å². The van der Waals surface area contributed by atoms with Crippen molar-refractivity contribution in [2.24, 2.45) is 11.7 Å². The first kappa shape index (κ1) is 22.0. The fraction of sp³-hybridized carbons (Fsp3) is 0.304. The van der Waals surface area contributed by atoms with Gasteiger partial charge in [0.1, 0.15) is 11.9 Å². The van der Waals surface area contributed by atoms with Crippen LogP contribution in [0.15, 0.2) is 54.6 Å². The van der Waals surface area contributed by atoms with E-state index in [9.17, 15) is 9.59 Å². The van der Waals surface area contributed by atoms with Gasteiger partial charge in [-0.2, -0.15) is 0 Å². The second kappa shape index (κ2) is 9.88. The summed E-state index contributed by atoms with van der Waals surface area (Å²) in [5, 5.41) is 9.62. The Hall–Kier alpha value is -3.68. The molecule has 1 heterocycles. The topological polar surface area (TPSA) is 122 Å². The number of hydrogen-bond acceptors (Lipinski definition) is 5. The van der Waals surface area contributed by atoms with Crippen LogP contribution in [0.3, 0.4) is 0 Å². The summed E-state index contributed by atoms with van der Waals surface area (Å²) in [4.78, 5) is 33.3. The van der Waals surface area contributed by atoms with Crippen molar-refractivity contribution in [2.75, 3.05) is 5.32 Å². The maximum atomic E-state index is 12.4. The van der Waals surface area contributed by atoms with E-state index in [-0.39, 0.29) is 24.5 Å². The Bertz CT molecular complexity index is 1050. The van der Waals surface area contributed by atoms with E-state index in [0.29, 0.717) is 17.2 Å². The van der Waals surface area contributed by atoms with Crippen LogP contribution in [0.2, 0.25) is 0 Å². The number of carbonyl (C=O) groups excluding carboxylic acids is 2. The number of rotatable bonds is 8. The van der Waals surface area contributed by atoms with E-state index in [2.05, 4.69) is 25.9 Å². The first-order chi connectivity index (χ1) is 14.8. The van der Waals surface area contributed by atoms with Crippen LogP contribution in [0, 0.1) is 5.92 Å². The number of carbonyl (C=O) groups is 2. The number of benzene rings is 2. The standard InChI is InChI=1S/C23H28N6O2/c1-14(2)20(21(24)30)29-22-17-11-7-8-12-18(17)27-19(28-22)13-25-23(31)26-15(3)16-9-5-4-6-10-16/h4-12,14-15,20H,13H2,1-3H3,(H2,24,30)(H2,25,26,31)(H,27,28,29)/t15-,20+/m1/s1. The summed E-state index contributed by atoms with van der Waals surface area (Å²) in [6, 6.07) is 16.2. The molecule has 3 rings (SSSR count). The van der Waals surface area contributed by atoms with Crippen LogP contribution in [-0.4, -0.2) is 27.9 Å². The Labute approximate surface area is 181 Å². The highest BCUT2D eigenvalue weighted by Gasteiger charge is 2.21. The second-order valence-electron chi connectivity index (χ2n) is 7.73. The Balaban J connectivity index is 1.75. The number of nitrogens with two attached hydrogens (primary N) is 1. The van der Waals surface area contributed by atoms with Gasteiger partial charge in [0.25, 0.3) is 0 Å². The quantitative estimate of drug-likeness (QED) is 0.446. The fourth-order valence-electron chi connectivity index (χ4n) is 3.26. The largest absolute Gasteiger partial charge is 0.368 e. The predicted octanol–water partition coefficient (Wildman–Crippen LogP) is 3.11. The van der Waals surface area contributed by atoms with Crippen molar-refractivity contribution in [1.82, 2.24) is 20.6 Å². The van der Waals surface area contributed by atoms with Gasteiger partial charge in [-0.15, -0.1) is 0 Å². The van der Waals surface area contributed by atoms with Crippen LogP contribution in [0.25, 0.3) is 10.9 Å². The number of anilines is 1. The Morgan fingerprint density at radius 3 is 2.32 bits per heavy atom. The predicted molar refractivity (Wildman–Crippen MR) is 121 cm³/mol. The molecule has 8 heteroatoms. The molecule has 2 aromatic carbocycles. The second-order valence-corrected chi connectivity index (χ2v) is 7.73. The SMILES string of the molecule is CC(C)[C@H](Nc1nc(CNC(=O)N[C@H](C)c2ccccc2)nc2ccccc12)C(N)=O. The van der Waals surface area contributed by atoms with Crippen LogP contribution in [0.4, 0.5) is 10.6 Å². The molecule has 3 aromatic rings. The van der Waals surface area contributed by atoms with Crippen molar-refractivity contribution in [3.8, 4) is 0 Å². The highest BCUT2D eigenvalue weighted by Crippen LogP contribution is 2.22. The van der Waals surface area contributed by atoms with Gasteiger partial charge in [-0.25, -0.2) is 14.8 Å². The number of primary amides is 1. The van der Waals surface area contributed by atoms with Gasteiger partial charge in [-0.3, -0.25) is 4.79 Å². The number of amides is 3. The van der Waals surface area contributed by atoms with Crippen molar-refractivity contribution in [1.29, 1.82) is 0 Å². The van der Waals surface area contributed by atoms with E-state index in [1.165, 1.54) is 0 Å². The zero-order valence-corrected chi connectivity index (χ0v) is 17.9. The summed E-state index contributed by atoms with van der Waals surface area (Å²) in [5.41, 5.74) is 7.27. The minimum absolute atomic E-state index is 0.0157. The van der Waals surface area contributed by atoms with Gasteiger partial charge >= 0.3 is 6.03 Å². The smallest absolute Gasteiger partial charge is 0.315 e. The van der Waals surface area contributed by atoms with Crippen molar-refractivity contribution in [3.05, 3.63) is 66.0 Å². The fourth-order valence-corrected chi connectivity index (χ4v) is 3.26. The molecule has 0 unspecified atom stereocenters. The molecule has 0 spiro atoms. The van der Waals surface area contributed by atoms with E-state index in [1.54, 1.807) is 0 Å². The summed E-state index contributed by atoms with van der Waals surface area (Å²) in [6.07, 6.45) is 0. The summed E-state index contributed by atoms with van der Waals surface area (Å²) < 4.78 is 0. The van der Waals surface area contributed by atoms with Gasteiger partial charge in [-0.1, -0.05) is 56.3 Å². The number of urea groups is 1. The first-order valence-electron chi connectivity index (χ1n) is 10.3. The third-order valence-corrected chi connectivity index (χ3v) is 4.97. The number of hydrogen-bond donors (Lipinski definition) is 4. The van der Waals surface area contributed by atoms with Gasteiger partial charge in [0.15, 0.2) is 5.82 Å². The van der Waals surface area contributed by atoms with Crippen LogP contribution in [-0.2, 0) is 11.3 Å². The molecule has 2 atom stereocenters. The van der Waals surface area contributed by atoms with Crippen LogP contribution in [0.1, 0.15) is 38.2 Å². The molecule has 0 bridgehead atoms. The Morgan fingerprint density at radius 1 is 0.968 bits per heavy atom. The first-order valence-corrected chi connectivity index (χ1v) is 10.3. The molecule has 1 aromatic heterocycles. The molecule has 31 heavy (non-hydrogen) atoms. The van der Waals surface area contributed by atoms with Gasteiger partial charge < -0.3 is 21.7 Å². The van der Waals surface area contributed by atoms with Crippen LogP contribution >= 0.6 is 0 Å². The average molecular weight is 421 g/mol. The van der Waals surface area contributed by atoms with Crippen LogP contribution < -0.4 is 21.7 Å². The van der Waals surface area contributed by atoms with E-state index in [0.717, 1.165) is 10.9 Å². The molecule has 5 N–H and O–H groups in total. The zero-order valence-electron chi connectivity index (χ0n) is 17.9. The zero-order chi connectivity index (χ0) is 22.4. The molecule has 162 valence electrons. The molecule has 0 radical (unpaired) electrons. The molecular formula is C23H28N6O2. The Morgan fingerprint density at radius 2 is 1.65 bits per heavy atom. The molecule has 0 aliphatic carbocycles. The van der Waals surface area contributed by atoms with Crippen molar-refractivity contribution in [2.45, 2.75) is 39.4 Å². The van der Waals surface area contributed by atoms with Crippen molar-refractivity contribution >= 4 is 28.7 Å². The molecule has 3 amide bonds. The lowest BCUT2D eigenvalue weighted by molar-refractivity contribution is -0.119. The van der Waals surface area contributed by atoms with Crippen LogP contribution in [0.5, 0.6) is 0 Å². The number of aromatic nitrogens is 2. The normalized spacial score (nSPS) is 12.9. The average Bonchev–Trinajstić information content (AvgIpc) is 2.76. The van der Waals surface area contributed by atoms with E-state index in [4.69, 9.17) is 5.73 Å². The third-order valence-electron chi connectivity index (χ3n) is 4.97. The van der Waals surface area contributed by atoms with Gasteiger partial charge in [0.2, 0.25) is 5.91 Å². The minimum atomic E-state index is -0.575. The van der Waals surface area contributed by atoms with E-state index in [1.807, 2.05) is 75.4 Å². The molecule has 0 aliphatic rings. The Kier molecular flexibility index (Phi) is 7.02. The lowest BCUT2D eigenvalue weighted by atomic mass is 10.0. The lowest BCUT2D eigenvalue weighted by Crippen LogP contribution is -2.40. The maximum absolute atomic E-state index is 12.4. The number of nitrogens with zero attached hydrogens (tertiary/aromatic N) is 2. The summed E-state index contributed by atoms with van der Waals surface area (Å²) in [7, 11) is 0. The monoisotopic (exact) mass is 420 g/mol. The molecule has 8 nitrogen and oxygen atoms in total. The summed E-state index contributed by atoms with van der Waals surface area (Å²) in [6.45, 7) is 5.87. The molecular weight excluding hydrogens is 392 g/mol. The summed E-state index contributed by atoms with van der Waals surface area (Å²) in [5.74, 6) is 0.471. The maximum Gasteiger partial charge on any atom is 0.315 e. The minimum Gasteiger partial charge on any atom is -0.368 e. The van der Waals surface area contributed by atoms with Crippen molar-refractivity contribution < 1.29 is 9.59 Å². The van der Waals surface area contributed by atoms with E-state index < -0.39 is 11.9 Å². The highest BCUT2D eigenvalue weighted by molar-refractivity contribution is 5.92. The molecule has 0 aliphatic heterocycles. The van der Waals surface area contributed by atoms with Crippen molar-refractivity contribution in [3.63, 3.8) is 0 Å². The number of para-hydroxylation sites is 1. The number of nitrogens with one attached hydrogen (secondary N) is 3. The molecule has 0 saturated heterocycles.